The monoisotopic (exact) mass is 503 g/mol. The molecule has 0 aliphatic carbocycles. The van der Waals surface area contributed by atoms with E-state index in [1.165, 1.54) is 10.6 Å². The van der Waals surface area contributed by atoms with Crippen LogP contribution >= 0.6 is 0 Å². The van der Waals surface area contributed by atoms with E-state index >= 15 is 0 Å². The smallest absolute Gasteiger partial charge is 0.245 e. The van der Waals surface area contributed by atoms with Gasteiger partial charge in [0.15, 0.2) is 0 Å². The summed E-state index contributed by atoms with van der Waals surface area (Å²) in [5, 5.41) is 6.12. The highest BCUT2D eigenvalue weighted by Crippen LogP contribution is 2.29. The van der Waals surface area contributed by atoms with E-state index in [1.54, 1.807) is 14.8 Å². The normalized spacial score (nSPS) is 19.7. The second-order valence-corrected chi connectivity index (χ2v) is 9.66. The second-order valence-electron chi connectivity index (χ2n) is 9.66. The highest BCUT2D eigenvalue weighted by molar-refractivity contribution is 5.90. The van der Waals surface area contributed by atoms with Crippen molar-refractivity contribution >= 4 is 18.2 Å². The Morgan fingerprint density at radius 2 is 1.68 bits per heavy atom. The summed E-state index contributed by atoms with van der Waals surface area (Å²) in [5.74, 6) is 2.48. The van der Waals surface area contributed by atoms with Crippen molar-refractivity contribution in [1.29, 1.82) is 0 Å². The molecule has 0 bridgehead atoms. The minimum Gasteiger partial charge on any atom is -0.333 e. The minimum atomic E-state index is -0.578. The number of hydrogen-bond donors (Lipinski definition) is 1. The zero-order valence-electron chi connectivity index (χ0n) is 21.9. The summed E-state index contributed by atoms with van der Waals surface area (Å²) in [7, 11) is 1.95. The fraction of sp³-hybridized carbons (Fsp3) is 0.414. The van der Waals surface area contributed by atoms with Gasteiger partial charge in [0.05, 0.1) is 19.6 Å². The molecule has 2 atom stereocenters. The van der Waals surface area contributed by atoms with Crippen molar-refractivity contribution in [3.63, 3.8) is 0 Å². The lowest BCUT2D eigenvalue weighted by Gasteiger charge is -2.54. The maximum Gasteiger partial charge on any atom is 0.245 e. The number of rotatable bonds is 8. The molecule has 196 valence electrons. The van der Waals surface area contributed by atoms with Gasteiger partial charge in [-0.3, -0.25) is 19.4 Å². The predicted octanol–water partition coefficient (Wildman–Crippen LogP) is 2.33. The Bertz CT molecular complexity index is 1070. The Balaban J connectivity index is 0.000000356. The van der Waals surface area contributed by atoms with Crippen LogP contribution in [0.4, 0.5) is 0 Å². The molecular weight excluding hydrogens is 466 g/mol. The minimum absolute atomic E-state index is 0.000000500. The molecular formula is C29H37N5O3. The van der Waals surface area contributed by atoms with Crippen LogP contribution in [-0.4, -0.2) is 76.9 Å². The molecule has 0 saturated carbocycles. The Labute approximate surface area is 220 Å². The maximum absolute atomic E-state index is 13.2. The van der Waals surface area contributed by atoms with E-state index < -0.39 is 12.2 Å². The van der Waals surface area contributed by atoms with Crippen LogP contribution in [-0.2, 0) is 27.5 Å². The number of amides is 3. The van der Waals surface area contributed by atoms with E-state index in [9.17, 15) is 14.4 Å². The predicted molar refractivity (Wildman–Crippen MR) is 143 cm³/mol. The Morgan fingerprint density at radius 3 is 2.22 bits per heavy atom. The Hall–Kier alpha value is -3.67. The maximum atomic E-state index is 13.2. The highest BCUT2D eigenvalue weighted by Gasteiger charge is 2.49. The van der Waals surface area contributed by atoms with E-state index in [1.807, 2.05) is 69.4 Å². The lowest BCUT2D eigenvalue weighted by molar-refractivity contribution is -0.199. The van der Waals surface area contributed by atoms with Gasteiger partial charge >= 0.3 is 0 Å². The zero-order valence-corrected chi connectivity index (χ0v) is 21.9. The molecule has 2 fully saturated rings. The molecule has 0 spiro atoms. The molecule has 8 nitrogen and oxygen atoms in total. The topological polar surface area (TPSA) is 76.2 Å². The number of benzene rings is 2. The summed E-state index contributed by atoms with van der Waals surface area (Å²) >= 11 is 0. The molecule has 2 aromatic rings. The van der Waals surface area contributed by atoms with Crippen molar-refractivity contribution in [3.05, 3.63) is 71.8 Å². The molecule has 3 amide bonds. The van der Waals surface area contributed by atoms with Gasteiger partial charge in [-0.05, 0) is 30.5 Å². The van der Waals surface area contributed by atoms with Crippen LogP contribution in [0.15, 0.2) is 60.7 Å². The lowest BCUT2D eigenvalue weighted by atomic mass is 9.97. The summed E-state index contributed by atoms with van der Waals surface area (Å²) in [6.07, 6.45) is 6.12. The van der Waals surface area contributed by atoms with Crippen LogP contribution in [0.3, 0.4) is 0 Å². The van der Waals surface area contributed by atoms with Crippen molar-refractivity contribution in [2.24, 2.45) is 5.92 Å². The van der Waals surface area contributed by atoms with Gasteiger partial charge in [0, 0.05) is 13.1 Å². The molecule has 1 unspecified atom stereocenters. The van der Waals surface area contributed by atoms with Crippen LogP contribution in [0.25, 0.3) is 0 Å². The van der Waals surface area contributed by atoms with E-state index in [2.05, 4.69) is 23.4 Å². The number of hydrogen-bond acceptors (Lipinski definition) is 5. The Kier molecular flexibility index (Phi) is 10.2. The molecule has 2 aromatic carbocycles. The number of carbonyl (C=O) groups excluding carboxylic acids is 3. The number of fused-ring (bicyclic) bond motifs is 1. The molecule has 4 rings (SSSR count). The van der Waals surface area contributed by atoms with Crippen molar-refractivity contribution in [2.45, 2.75) is 45.6 Å². The standard InChI is InChI=1S/C21H26N4O3.C8H11N/c1-4-10-23-14-20(27)25-18(11-16(2)3)21(28)22(13-19(25)24(23)15-26)12-17-8-6-5-7-9-17;1-9-7-8-5-3-2-4-6-8/h1,5-9,15-16,18-19H,10-14H2,2-3H3;2-6,9H,7H2,1H3/t18-,19?;/m0./s1. The molecule has 8 heteroatoms. The number of hydrazine groups is 1. The second kappa shape index (κ2) is 13.6. The van der Waals surface area contributed by atoms with E-state index in [0.717, 1.165) is 12.1 Å². The largest absolute Gasteiger partial charge is 0.333 e. The third-order valence-electron chi connectivity index (χ3n) is 6.39. The summed E-state index contributed by atoms with van der Waals surface area (Å²) in [5.41, 5.74) is 2.34. The van der Waals surface area contributed by atoms with Crippen molar-refractivity contribution < 1.29 is 14.4 Å². The summed E-state index contributed by atoms with van der Waals surface area (Å²) in [6.45, 7) is 5.86. The van der Waals surface area contributed by atoms with Gasteiger partial charge in [0.1, 0.15) is 12.2 Å². The summed E-state index contributed by atoms with van der Waals surface area (Å²) in [6, 6.07) is 19.5. The van der Waals surface area contributed by atoms with E-state index in [0.29, 0.717) is 19.4 Å². The molecule has 0 radical (unpaired) electrons. The quantitative estimate of drug-likeness (QED) is 0.442. The Morgan fingerprint density at radius 1 is 1.05 bits per heavy atom. The average Bonchev–Trinajstić information content (AvgIpc) is 2.88. The van der Waals surface area contributed by atoms with Crippen LogP contribution in [0.5, 0.6) is 0 Å². The summed E-state index contributed by atoms with van der Waals surface area (Å²) < 4.78 is 0. The van der Waals surface area contributed by atoms with Crippen molar-refractivity contribution in [3.8, 4) is 12.3 Å². The first-order valence-corrected chi connectivity index (χ1v) is 12.6. The molecule has 2 aliphatic heterocycles. The molecule has 2 aliphatic rings. The third kappa shape index (κ3) is 7.19. The molecule has 0 aromatic heterocycles. The number of nitrogens with one attached hydrogen (secondary N) is 1. The average molecular weight is 504 g/mol. The highest BCUT2D eigenvalue weighted by atomic mass is 16.2. The number of carbonyl (C=O) groups is 3. The van der Waals surface area contributed by atoms with Gasteiger partial charge < -0.3 is 15.1 Å². The van der Waals surface area contributed by atoms with Crippen molar-refractivity contribution in [1.82, 2.24) is 25.1 Å². The molecule has 2 saturated heterocycles. The van der Waals surface area contributed by atoms with E-state index in [4.69, 9.17) is 6.42 Å². The van der Waals surface area contributed by atoms with Crippen LogP contribution in [0.1, 0.15) is 31.4 Å². The van der Waals surface area contributed by atoms with E-state index in [-0.39, 0.29) is 37.4 Å². The van der Waals surface area contributed by atoms with Gasteiger partial charge in [-0.15, -0.1) is 6.42 Å². The molecule has 2 heterocycles. The fourth-order valence-electron chi connectivity index (χ4n) is 4.76. The SMILES string of the molecule is C#CCN1CC(=O)N2C(CN(Cc3ccccc3)C(=O)[C@@H]2CC(C)C)N1C=O.CNCc1ccccc1. The first-order valence-electron chi connectivity index (χ1n) is 12.6. The van der Waals surface area contributed by atoms with Gasteiger partial charge in [-0.1, -0.05) is 80.4 Å². The number of terminal acetylenes is 1. The van der Waals surface area contributed by atoms with Crippen molar-refractivity contribution in [2.75, 3.05) is 26.7 Å². The summed E-state index contributed by atoms with van der Waals surface area (Å²) in [4.78, 5) is 41.3. The number of nitrogens with zero attached hydrogens (tertiary/aromatic N) is 4. The first kappa shape index (κ1) is 27.9. The molecule has 37 heavy (non-hydrogen) atoms. The molecule has 1 N–H and O–H groups in total. The van der Waals surface area contributed by atoms with Gasteiger partial charge in [-0.2, -0.15) is 5.01 Å². The third-order valence-corrected chi connectivity index (χ3v) is 6.39. The van der Waals surface area contributed by atoms with Gasteiger partial charge in [0.25, 0.3) is 0 Å². The number of piperazine rings is 1. The lowest BCUT2D eigenvalue weighted by Crippen LogP contribution is -2.74. The van der Waals surface area contributed by atoms with Crippen LogP contribution < -0.4 is 5.32 Å². The van der Waals surface area contributed by atoms with Gasteiger partial charge in [-0.25, -0.2) is 0 Å². The fourth-order valence-corrected chi connectivity index (χ4v) is 4.76. The first-order chi connectivity index (χ1) is 17.9. The van der Waals surface area contributed by atoms with Crippen LogP contribution in [0, 0.1) is 18.3 Å². The van der Waals surface area contributed by atoms with Crippen LogP contribution in [0.2, 0.25) is 0 Å². The van der Waals surface area contributed by atoms with Gasteiger partial charge in [0.2, 0.25) is 18.2 Å². The zero-order chi connectivity index (χ0) is 26.8.